The van der Waals surface area contributed by atoms with Gasteiger partial charge in [-0.3, -0.25) is 10.8 Å². The first kappa shape index (κ1) is 10.9. The highest BCUT2D eigenvalue weighted by atomic mass is 32.1. The summed E-state index contributed by atoms with van der Waals surface area (Å²) in [7, 11) is 0. The lowest BCUT2D eigenvalue weighted by Gasteiger charge is -2.14. The molecule has 0 saturated carbocycles. The molecular formula is C12H11N3S2. The number of hydrogen-bond donors (Lipinski definition) is 2. The number of nitrogens with one attached hydrogen (secondary N) is 1. The van der Waals surface area contributed by atoms with Crippen LogP contribution in [0.25, 0.3) is 10.2 Å². The summed E-state index contributed by atoms with van der Waals surface area (Å²) in [5, 5.41) is 6.21. The van der Waals surface area contributed by atoms with Crippen LogP contribution >= 0.6 is 22.7 Å². The topological polar surface area (TPSA) is 50.9 Å². The van der Waals surface area contributed by atoms with Crippen molar-refractivity contribution >= 4 is 32.9 Å². The second kappa shape index (κ2) is 4.54. The van der Waals surface area contributed by atoms with Crippen LogP contribution in [0, 0.1) is 0 Å². The maximum Gasteiger partial charge on any atom is 0.0809 e. The third kappa shape index (κ3) is 1.98. The smallest absolute Gasteiger partial charge is 0.0809 e. The zero-order valence-electron chi connectivity index (χ0n) is 8.96. The average Bonchev–Trinajstić information content (AvgIpc) is 2.99. The SMILES string of the molecule is NNC(c1ccsc1)c1cnc2ccsc2c1. The van der Waals surface area contributed by atoms with Gasteiger partial charge in [-0.15, -0.1) is 11.3 Å². The number of nitrogens with zero attached hydrogens (tertiary/aromatic N) is 1. The monoisotopic (exact) mass is 261 g/mol. The Morgan fingerprint density at radius 2 is 2.18 bits per heavy atom. The molecule has 3 aromatic heterocycles. The maximum absolute atomic E-state index is 5.65. The summed E-state index contributed by atoms with van der Waals surface area (Å²) in [6.07, 6.45) is 1.89. The summed E-state index contributed by atoms with van der Waals surface area (Å²) in [4.78, 5) is 4.44. The Bertz CT molecular complexity index is 616. The number of nitrogens with two attached hydrogens (primary N) is 1. The zero-order chi connectivity index (χ0) is 11.7. The van der Waals surface area contributed by atoms with Crippen molar-refractivity contribution in [3.8, 4) is 0 Å². The Labute approximate surface area is 107 Å². The highest BCUT2D eigenvalue weighted by molar-refractivity contribution is 7.17. The molecule has 0 bridgehead atoms. The largest absolute Gasteiger partial charge is 0.271 e. The fourth-order valence-electron chi connectivity index (χ4n) is 1.84. The van der Waals surface area contributed by atoms with E-state index < -0.39 is 0 Å². The number of hydrazine groups is 1. The molecule has 0 aliphatic carbocycles. The third-order valence-corrected chi connectivity index (χ3v) is 4.25. The maximum atomic E-state index is 5.65. The van der Waals surface area contributed by atoms with Gasteiger partial charge in [-0.1, -0.05) is 0 Å². The normalized spacial score (nSPS) is 13.0. The number of fused-ring (bicyclic) bond motifs is 1. The van der Waals surface area contributed by atoms with Crippen LogP contribution in [0.1, 0.15) is 17.2 Å². The van der Waals surface area contributed by atoms with E-state index in [0.29, 0.717) is 0 Å². The first-order valence-corrected chi connectivity index (χ1v) is 7.02. The lowest BCUT2D eigenvalue weighted by molar-refractivity contribution is 0.638. The van der Waals surface area contributed by atoms with Gasteiger partial charge in [0.05, 0.1) is 16.3 Å². The lowest BCUT2D eigenvalue weighted by atomic mass is 10.0. The van der Waals surface area contributed by atoms with E-state index in [9.17, 15) is 0 Å². The lowest BCUT2D eigenvalue weighted by Crippen LogP contribution is -2.28. The molecule has 3 nitrogen and oxygen atoms in total. The number of rotatable bonds is 3. The molecule has 1 atom stereocenters. The van der Waals surface area contributed by atoms with Crippen molar-refractivity contribution in [2.75, 3.05) is 0 Å². The fraction of sp³-hybridized carbons (Fsp3) is 0.0833. The van der Waals surface area contributed by atoms with Crippen LogP contribution < -0.4 is 11.3 Å². The van der Waals surface area contributed by atoms with Crippen molar-refractivity contribution in [2.24, 2.45) is 5.84 Å². The summed E-state index contributed by atoms with van der Waals surface area (Å²) in [6.45, 7) is 0. The van der Waals surface area contributed by atoms with E-state index >= 15 is 0 Å². The van der Waals surface area contributed by atoms with Crippen molar-refractivity contribution in [2.45, 2.75) is 6.04 Å². The second-order valence-electron chi connectivity index (χ2n) is 3.73. The number of pyridine rings is 1. The van der Waals surface area contributed by atoms with Crippen molar-refractivity contribution < 1.29 is 0 Å². The Morgan fingerprint density at radius 3 is 2.94 bits per heavy atom. The fourth-order valence-corrected chi connectivity index (χ4v) is 3.32. The Kier molecular flexibility index (Phi) is 2.90. The third-order valence-electron chi connectivity index (χ3n) is 2.70. The molecule has 0 spiro atoms. The van der Waals surface area contributed by atoms with Crippen LogP contribution in [-0.4, -0.2) is 4.98 Å². The van der Waals surface area contributed by atoms with Gasteiger partial charge >= 0.3 is 0 Å². The van der Waals surface area contributed by atoms with Gasteiger partial charge in [-0.05, 0) is 45.5 Å². The molecule has 1 unspecified atom stereocenters. The molecule has 0 saturated heterocycles. The molecule has 0 radical (unpaired) electrons. The minimum absolute atomic E-state index is 0.0141. The van der Waals surface area contributed by atoms with Gasteiger partial charge in [0.1, 0.15) is 0 Å². The predicted molar refractivity (Wildman–Crippen MR) is 73.1 cm³/mol. The molecule has 86 valence electrons. The van der Waals surface area contributed by atoms with Crippen molar-refractivity contribution in [3.63, 3.8) is 0 Å². The van der Waals surface area contributed by atoms with Gasteiger partial charge in [-0.2, -0.15) is 11.3 Å². The summed E-state index contributed by atoms with van der Waals surface area (Å²) in [6, 6.07) is 6.27. The molecule has 0 amide bonds. The van der Waals surface area contributed by atoms with Gasteiger partial charge in [0.25, 0.3) is 0 Å². The van der Waals surface area contributed by atoms with Crippen LogP contribution in [0.15, 0.2) is 40.5 Å². The van der Waals surface area contributed by atoms with E-state index in [2.05, 4.69) is 38.7 Å². The Morgan fingerprint density at radius 1 is 1.24 bits per heavy atom. The van der Waals surface area contributed by atoms with Crippen LogP contribution in [0.5, 0.6) is 0 Å². The number of hydrogen-bond acceptors (Lipinski definition) is 5. The van der Waals surface area contributed by atoms with Crippen molar-refractivity contribution in [1.82, 2.24) is 10.4 Å². The van der Waals surface area contributed by atoms with E-state index in [1.165, 1.54) is 10.3 Å². The molecule has 3 rings (SSSR count). The van der Waals surface area contributed by atoms with E-state index in [1.54, 1.807) is 22.7 Å². The molecule has 0 fully saturated rings. The molecule has 0 aliphatic rings. The average molecular weight is 261 g/mol. The van der Waals surface area contributed by atoms with Crippen LogP contribution in [-0.2, 0) is 0 Å². The molecular weight excluding hydrogens is 250 g/mol. The van der Waals surface area contributed by atoms with Gasteiger partial charge < -0.3 is 0 Å². The summed E-state index contributed by atoms with van der Waals surface area (Å²) < 4.78 is 1.19. The van der Waals surface area contributed by atoms with Gasteiger partial charge in [-0.25, -0.2) is 5.43 Å². The van der Waals surface area contributed by atoms with E-state index in [1.807, 2.05) is 12.3 Å². The molecule has 3 N–H and O–H groups in total. The number of aromatic nitrogens is 1. The molecule has 17 heavy (non-hydrogen) atoms. The second-order valence-corrected chi connectivity index (χ2v) is 5.46. The molecule has 0 aromatic carbocycles. The van der Waals surface area contributed by atoms with Gasteiger partial charge in [0, 0.05) is 6.20 Å². The Balaban J connectivity index is 2.06. The highest BCUT2D eigenvalue weighted by Crippen LogP contribution is 2.27. The van der Waals surface area contributed by atoms with E-state index in [-0.39, 0.29) is 6.04 Å². The highest BCUT2D eigenvalue weighted by Gasteiger charge is 2.13. The molecule has 3 aromatic rings. The minimum Gasteiger partial charge on any atom is -0.271 e. The first-order valence-electron chi connectivity index (χ1n) is 5.20. The zero-order valence-corrected chi connectivity index (χ0v) is 10.6. The van der Waals surface area contributed by atoms with Crippen molar-refractivity contribution in [1.29, 1.82) is 0 Å². The molecule has 5 heteroatoms. The standard InChI is InChI=1S/C12H11N3S2/c13-15-12(8-1-3-16-7-8)9-5-11-10(14-6-9)2-4-17-11/h1-7,12,15H,13H2. The van der Waals surface area contributed by atoms with Gasteiger partial charge in [0.15, 0.2) is 0 Å². The molecule has 3 heterocycles. The molecule has 0 aliphatic heterocycles. The van der Waals surface area contributed by atoms with E-state index in [0.717, 1.165) is 11.1 Å². The predicted octanol–water partition coefficient (Wildman–Crippen LogP) is 2.91. The van der Waals surface area contributed by atoms with Crippen LogP contribution in [0.2, 0.25) is 0 Å². The Hall–Kier alpha value is -1.27. The minimum atomic E-state index is 0.0141. The quantitative estimate of drug-likeness (QED) is 0.563. The van der Waals surface area contributed by atoms with Crippen LogP contribution in [0.4, 0.5) is 0 Å². The summed E-state index contributed by atoms with van der Waals surface area (Å²) in [5.74, 6) is 5.65. The summed E-state index contributed by atoms with van der Waals surface area (Å²) in [5.41, 5.74) is 6.16. The first-order chi connectivity index (χ1) is 8.38. The van der Waals surface area contributed by atoms with Gasteiger partial charge in [0.2, 0.25) is 0 Å². The summed E-state index contributed by atoms with van der Waals surface area (Å²) >= 11 is 3.37. The van der Waals surface area contributed by atoms with Crippen LogP contribution in [0.3, 0.4) is 0 Å². The van der Waals surface area contributed by atoms with Crippen molar-refractivity contribution in [3.05, 3.63) is 51.7 Å². The number of thiophene rings is 2. The van der Waals surface area contributed by atoms with E-state index in [4.69, 9.17) is 5.84 Å².